The number of nitro benzene ring substituents is 1. The largest absolute Gasteiger partial charge is 0.423 e. The van der Waals surface area contributed by atoms with Crippen LogP contribution in [0.1, 0.15) is 5.56 Å². The molecule has 3 rings (SSSR count). The Balaban J connectivity index is 2.14. The van der Waals surface area contributed by atoms with Crippen LogP contribution in [-0.4, -0.2) is 41.8 Å². The van der Waals surface area contributed by atoms with Crippen molar-refractivity contribution in [3.63, 3.8) is 0 Å². The van der Waals surface area contributed by atoms with Gasteiger partial charge in [-0.25, -0.2) is 4.57 Å². The SMILES string of the molecule is Cc1cc(S(=O)(=O)NC(=NS(=O)(=O)c2ccc([N+](=O)[O-])cc2)[n+]2ccc(N(C)C)cc2)c(S)cc1Cl. The highest BCUT2D eigenvalue weighted by Crippen LogP contribution is 2.27. The number of aromatic nitrogens is 1. The van der Waals surface area contributed by atoms with Crippen LogP contribution in [0.4, 0.5) is 11.4 Å². The van der Waals surface area contributed by atoms with Gasteiger partial charge >= 0.3 is 26.0 Å². The molecule has 36 heavy (non-hydrogen) atoms. The molecule has 1 N–H and O–H groups in total. The fourth-order valence-electron chi connectivity index (χ4n) is 2.92. The minimum Gasteiger partial charge on any atom is -0.377 e. The van der Waals surface area contributed by atoms with Crippen LogP contribution in [0.25, 0.3) is 0 Å². The Bertz CT molecular complexity index is 1560. The number of rotatable bonds is 6. The van der Waals surface area contributed by atoms with E-state index < -0.39 is 30.9 Å². The van der Waals surface area contributed by atoms with Crippen LogP contribution < -0.4 is 14.2 Å². The molecule has 190 valence electrons. The number of thiol groups is 1. The quantitative estimate of drug-likeness (QED) is 0.116. The molecule has 0 atom stereocenters. The van der Waals surface area contributed by atoms with Gasteiger partial charge in [0.15, 0.2) is 0 Å². The highest BCUT2D eigenvalue weighted by atomic mass is 35.5. The molecule has 0 amide bonds. The zero-order valence-electron chi connectivity index (χ0n) is 19.2. The number of aryl methyl sites for hydroxylation is 1. The monoisotopic (exact) mass is 570 g/mol. The average Bonchev–Trinajstić information content (AvgIpc) is 2.80. The van der Waals surface area contributed by atoms with Crippen molar-refractivity contribution in [3.05, 3.63) is 81.6 Å². The third kappa shape index (κ3) is 6.13. The maximum atomic E-state index is 13.2. The summed E-state index contributed by atoms with van der Waals surface area (Å²) in [5.41, 5.74) is 0.916. The summed E-state index contributed by atoms with van der Waals surface area (Å²) in [7, 11) is -5.27. The predicted octanol–water partition coefficient (Wildman–Crippen LogP) is 2.77. The average molecular weight is 571 g/mol. The van der Waals surface area contributed by atoms with Gasteiger partial charge in [-0.05, 0) is 48.9 Å². The van der Waals surface area contributed by atoms with E-state index in [1.807, 2.05) is 0 Å². The highest BCUT2D eigenvalue weighted by Gasteiger charge is 2.30. The van der Waals surface area contributed by atoms with E-state index in [1.165, 1.54) is 29.1 Å². The molecule has 0 aliphatic heterocycles. The molecule has 3 aromatic rings. The molecule has 11 nitrogen and oxygen atoms in total. The third-order valence-electron chi connectivity index (χ3n) is 4.88. The van der Waals surface area contributed by atoms with E-state index in [1.54, 1.807) is 38.1 Å². The van der Waals surface area contributed by atoms with Crippen LogP contribution in [0.3, 0.4) is 0 Å². The summed E-state index contributed by atoms with van der Waals surface area (Å²) in [6.45, 7) is 1.61. The van der Waals surface area contributed by atoms with Crippen LogP contribution in [0.15, 0.2) is 80.0 Å². The first-order valence-electron chi connectivity index (χ1n) is 10.0. The molecule has 0 aliphatic carbocycles. The molecule has 0 saturated heterocycles. The van der Waals surface area contributed by atoms with E-state index in [4.69, 9.17) is 11.6 Å². The second-order valence-electron chi connectivity index (χ2n) is 7.67. The summed E-state index contributed by atoms with van der Waals surface area (Å²) in [6.07, 6.45) is 2.85. The van der Waals surface area contributed by atoms with E-state index in [0.717, 1.165) is 30.0 Å². The lowest BCUT2D eigenvalue weighted by atomic mass is 10.2. The summed E-state index contributed by atoms with van der Waals surface area (Å²) < 4.78 is 59.6. The predicted molar refractivity (Wildman–Crippen MR) is 138 cm³/mol. The molecule has 0 radical (unpaired) electrons. The van der Waals surface area contributed by atoms with Crippen molar-refractivity contribution < 1.29 is 26.3 Å². The Morgan fingerprint density at radius 1 is 1.08 bits per heavy atom. The highest BCUT2D eigenvalue weighted by molar-refractivity contribution is 7.91. The Labute approximate surface area is 218 Å². The third-order valence-corrected chi connectivity index (χ3v) is 8.46. The van der Waals surface area contributed by atoms with E-state index in [2.05, 4.69) is 21.7 Å². The molecule has 15 heteroatoms. The van der Waals surface area contributed by atoms with Gasteiger partial charge in [-0.1, -0.05) is 11.6 Å². The van der Waals surface area contributed by atoms with Gasteiger partial charge in [-0.3, -0.25) is 10.1 Å². The van der Waals surface area contributed by atoms with Gasteiger partial charge in [0, 0.05) is 46.2 Å². The lowest BCUT2D eigenvalue weighted by Gasteiger charge is -2.13. The number of pyridine rings is 1. The molecule has 0 saturated carbocycles. The normalized spacial score (nSPS) is 12.3. The topological polar surface area (TPSA) is 143 Å². The molecule has 0 aliphatic rings. The molecule has 0 fully saturated rings. The first-order valence-corrected chi connectivity index (χ1v) is 13.8. The Morgan fingerprint density at radius 3 is 2.19 bits per heavy atom. The summed E-state index contributed by atoms with van der Waals surface area (Å²) in [5.74, 6) is -0.556. The van der Waals surface area contributed by atoms with Gasteiger partial charge in [0.1, 0.15) is 9.79 Å². The van der Waals surface area contributed by atoms with E-state index in [0.29, 0.717) is 10.6 Å². The standard InChI is InChI=1S/C21H20ClN5O6S3/c1-14-12-20(19(34)13-18(14)22)36(32,33)24-21(26-10-8-15(9-11-26)25(2)3)23-35(30,31)17-6-4-16(5-7-17)27(28)29/h4-13H,1-3H3,(H-,23,24,34)/p+1. The second-order valence-corrected chi connectivity index (χ2v) is 11.8. The number of nitrogens with one attached hydrogen (secondary N) is 1. The zero-order chi connectivity index (χ0) is 26.8. The van der Waals surface area contributed by atoms with Crippen molar-refractivity contribution in [2.75, 3.05) is 19.0 Å². The summed E-state index contributed by atoms with van der Waals surface area (Å²) in [5, 5.41) is 11.2. The molecule has 0 unspecified atom stereocenters. The minimum absolute atomic E-state index is 0.0450. The van der Waals surface area contributed by atoms with Crippen molar-refractivity contribution in [3.8, 4) is 0 Å². The van der Waals surface area contributed by atoms with Crippen LogP contribution in [-0.2, 0) is 20.0 Å². The number of hydrogen-bond donors (Lipinski definition) is 2. The van der Waals surface area contributed by atoms with E-state index in [9.17, 15) is 26.9 Å². The van der Waals surface area contributed by atoms with Crippen molar-refractivity contribution >= 4 is 61.6 Å². The first kappa shape index (κ1) is 27.4. The van der Waals surface area contributed by atoms with Crippen LogP contribution in [0.5, 0.6) is 0 Å². The lowest BCUT2D eigenvalue weighted by Crippen LogP contribution is -2.53. The van der Waals surface area contributed by atoms with Gasteiger partial charge < -0.3 is 4.90 Å². The first-order chi connectivity index (χ1) is 16.7. The minimum atomic E-state index is -4.49. The van der Waals surface area contributed by atoms with Crippen molar-refractivity contribution in [1.29, 1.82) is 0 Å². The molecule has 1 heterocycles. The maximum absolute atomic E-state index is 13.2. The second kappa shape index (κ2) is 10.4. The lowest BCUT2D eigenvalue weighted by molar-refractivity contribution is -0.558. The van der Waals surface area contributed by atoms with Crippen molar-refractivity contribution in [2.45, 2.75) is 21.6 Å². The van der Waals surface area contributed by atoms with Gasteiger partial charge in [-0.2, -0.15) is 21.6 Å². The van der Waals surface area contributed by atoms with Gasteiger partial charge in [0.05, 0.1) is 17.3 Å². The Morgan fingerprint density at radius 2 is 1.67 bits per heavy atom. The Kier molecular flexibility index (Phi) is 7.93. The smallest absolute Gasteiger partial charge is 0.377 e. The van der Waals surface area contributed by atoms with Crippen molar-refractivity contribution in [1.82, 2.24) is 4.72 Å². The van der Waals surface area contributed by atoms with E-state index in [-0.39, 0.29) is 20.4 Å². The summed E-state index contributed by atoms with van der Waals surface area (Å²) >= 11 is 10.2. The summed E-state index contributed by atoms with van der Waals surface area (Å²) in [4.78, 5) is 11.5. The summed E-state index contributed by atoms with van der Waals surface area (Å²) in [6, 6.07) is 9.95. The maximum Gasteiger partial charge on any atom is 0.423 e. The van der Waals surface area contributed by atoms with Crippen LogP contribution >= 0.6 is 24.2 Å². The number of sulfonamides is 2. The van der Waals surface area contributed by atoms with Gasteiger partial charge in [0.2, 0.25) is 0 Å². The number of nitrogens with zero attached hydrogens (tertiary/aromatic N) is 4. The molecule has 1 aromatic heterocycles. The molecule has 2 aromatic carbocycles. The van der Waals surface area contributed by atoms with Crippen LogP contribution in [0.2, 0.25) is 5.02 Å². The number of halogens is 1. The van der Waals surface area contributed by atoms with Gasteiger partial charge in [0.25, 0.3) is 5.69 Å². The number of anilines is 1. The zero-order valence-corrected chi connectivity index (χ0v) is 22.4. The number of benzene rings is 2. The molecular weight excluding hydrogens is 550 g/mol. The fourth-order valence-corrected chi connectivity index (χ4v) is 5.89. The molecule has 0 bridgehead atoms. The van der Waals surface area contributed by atoms with Crippen molar-refractivity contribution in [2.24, 2.45) is 4.40 Å². The van der Waals surface area contributed by atoms with Gasteiger partial charge in [-0.15, -0.1) is 12.6 Å². The number of non-ortho nitro benzene ring substituents is 1. The molecule has 0 spiro atoms. The number of nitro groups is 1. The fraction of sp³-hybridized carbons (Fsp3) is 0.143. The van der Waals surface area contributed by atoms with Crippen LogP contribution in [0, 0.1) is 17.0 Å². The molecular formula is C21H21ClN5O6S3+. The number of hydrogen-bond acceptors (Lipinski definition) is 8. The Hall–Kier alpha value is -3.20. The van der Waals surface area contributed by atoms with E-state index >= 15 is 0 Å².